The summed E-state index contributed by atoms with van der Waals surface area (Å²) < 4.78 is 12.0. The maximum atomic E-state index is 13.2. The number of nitrogens with zero attached hydrogens (tertiary/aromatic N) is 1. The van der Waals surface area contributed by atoms with Crippen molar-refractivity contribution in [3.8, 4) is 28.1 Å². The summed E-state index contributed by atoms with van der Waals surface area (Å²) in [6, 6.07) is 14.3. The van der Waals surface area contributed by atoms with Gasteiger partial charge in [0.05, 0.1) is 8.95 Å². The van der Waals surface area contributed by atoms with Crippen LogP contribution in [0.4, 0.5) is 0 Å². The third-order valence-electron chi connectivity index (χ3n) is 5.06. The lowest BCUT2D eigenvalue weighted by molar-refractivity contribution is -0.139. The Labute approximate surface area is 211 Å². The molecule has 6 nitrogen and oxygen atoms in total. The van der Waals surface area contributed by atoms with E-state index >= 15 is 0 Å². The van der Waals surface area contributed by atoms with Gasteiger partial charge in [-0.2, -0.15) is 0 Å². The van der Waals surface area contributed by atoms with E-state index in [1.165, 1.54) is 0 Å². The number of carbonyl (C=O) groups is 2. The minimum Gasteiger partial charge on any atom is -0.480 e. The number of carbonyl (C=O) groups excluding carboxylic acids is 1. The van der Waals surface area contributed by atoms with Crippen LogP contribution in [0.25, 0.3) is 22.4 Å². The van der Waals surface area contributed by atoms with Gasteiger partial charge in [-0.3, -0.25) is 4.79 Å². The Hall–Kier alpha value is -2.68. The summed E-state index contributed by atoms with van der Waals surface area (Å²) >= 11 is 12.7. The molecular formula is C24H16Br2ClNO5. The Kier molecular flexibility index (Phi) is 6.88. The number of carboxylic acids is 1. The normalized spacial score (nSPS) is 11.0. The molecule has 0 radical (unpaired) electrons. The lowest BCUT2D eigenvalue weighted by Crippen LogP contribution is -2.10. The van der Waals surface area contributed by atoms with Crippen LogP contribution in [0.15, 0.2) is 62.0 Å². The van der Waals surface area contributed by atoms with Crippen LogP contribution >= 0.6 is 43.5 Å². The predicted molar refractivity (Wildman–Crippen MR) is 131 cm³/mol. The Balaban J connectivity index is 1.74. The van der Waals surface area contributed by atoms with E-state index in [0.717, 1.165) is 11.1 Å². The van der Waals surface area contributed by atoms with Crippen LogP contribution in [0.5, 0.6) is 5.75 Å². The second kappa shape index (κ2) is 9.67. The van der Waals surface area contributed by atoms with Crippen molar-refractivity contribution < 1.29 is 24.0 Å². The van der Waals surface area contributed by atoms with E-state index in [-0.39, 0.29) is 5.78 Å². The van der Waals surface area contributed by atoms with Crippen molar-refractivity contribution in [1.82, 2.24) is 5.16 Å². The SMILES string of the molecule is Cc1onc(-c2cc(Br)c(OCC(=O)O)c(Br)c2)c2ccc(C(=O)c3ccc(CCl)cc3)c1-2. The van der Waals surface area contributed by atoms with Crippen LogP contribution in [0.1, 0.15) is 27.2 Å². The van der Waals surface area contributed by atoms with Crippen molar-refractivity contribution in [2.75, 3.05) is 6.61 Å². The van der Waals surface area contributed by atoms with E-state index in [2.05, 4.69) is 37.0 Å². The quantitative estimate of drug-likeness (QED) is 0.189. The standard InChI is InChI=1S/C24H16Br2ClNO5/c1-12-21-16(6-7-17(21)23(31)14-4-2-13(10-27)3-5-14)22(28-33-12)15-8-18(25)24(19(26)9-15)32-11-20(29)30/h2-9H,10-11H2,1H3,(H,29,30). The van der Waals surface area contributed by atoms with Crippen molar-refractivity contribution in [1.29, 1.82) is 0 Å². The molecule has 168 valence electrons. The average molecular weight is 594 g/mol. The van der Waals surface area contributed by atoms with Gasteiger partial charge in [-0.25, -0.2) is 4.79 Å². The molecule has 0 saturated carbocycles. The molecule has 4 rings (SSSR count). The van der Waals surface area contributed by atoms with Crippen molar-refractivity contribution in [2.45, 2.75) is 12.8 Å². The summed E-state index contributed by atoms with van der Waals surface area (Å²) in [5.41, 5.74) is 4.69. The van der Waals surface area contributed by atoms with Gasteiger partial charge in [0.25, 0.3) is 0 Å². The van der Waals surface area contributed by atoms with E-state index < -0.39 is 12.6 Å². The molecule has 1 aliphatic carbocycles. The summed E-state index contributed by atoms with van der Waals surface area (Å²) in [7, 11) is 0. The zero-order chi connectivity index (χ0) is 23.7. The summed E-state index contributed by atoms with van der Waals surface area (Å²) in [4.78, 5) is 24.1. The van der Waals surface area contributed by atoms with Gasteiger partial charge in [-0.05, 0) is 62.5 Å². The highest BCUT2D eigenvalue weighted by Gasteiger charge is 2.25. The topological polar surface area (TPSA) is 89.6 Å². The second-order valence-corrected chi connectivity index (χ2v) is 9.21. The van der Waals surface area contributed by atoms with E-state index in [4.69, 9.17) is 26.0 Å². The smallest absolute Gasteiger partial charge is 0.341 e. The number of aliphatic carboxylic acids is 1. The van der Waals surface area contributed by atoms with Crippen LogP contribution in [-0.2, 0) is 10.7 Å². The van der Waals surface area contributed by atoms with E-state index in [9.17, 15) is 9.59 Å². The maximum absolute atomic E-state index is 13.2. The van der Waals surface area contributed by atoms with Crippen molar-refractivity contribution in [3.05, 3.63) is 79.9 Å². The molecule has 1 N–H and O–H groups in total. The maximum Gasteiger partial charge on any atom is 0.341 e. The first kappa shape index (κ1) is 23.5. The Bertz CT molecular complexity index is 1310. The number of alkyl halides is 1. The van der Waals surface area contributed by atoms with Gasteiger partial charge in [-0.1, -0.05) is 35.5 Å². The Morgan fingerprint density at radius 2 is 1.76 bits per heavy atom. The fourth-order valence-corrected chi connectivity index (χ4v) is 5.12. The van der Waals surface area contributed by atoms with E-state index in [1.54, 1.807) is 37.3 Å². The van der Waals surface area contributed by atoms with Gasteiger partial charge >= 0.3 is 5.97 Å². The number of aromatic nitrogens is 1. The predicted octanol–water partition coefficient (Wildman–Crippen LogP) is 6.71. The van der Waals surface area contributed by atoms with Crippen molar-refractivity contribution >= 4 is 55.2 Å². The Morgan fingerprint density at radius 1 is 1.09 bits per heavy atom. The lowest BCUT2D eigenvalue weighted by Gasteiger charge is -2.13. The second-order valence-electron chi connectivity index (χ2n) is 7.23. The number of rotatable bonds is 7. The molecule has 0 aromatic heterocycles. The van der Waals surface area contributed by atoms with E-state index in [0.29, 0.717) is 54.3 Å². The van der Waals surface area contributed by atoms with Crippen LogP contribution < -0.4 is 4.74 Å². The number of ketones is 1. The summed E-state index contributed by atoms with van der Waals surface area (Å²) in [6.07, 6.45) is 0. The summed E-state index contributed by atoms with van der Waals surface area (Å²) in [6.45, 7) is 1.29. The summed E-state index contributed by atoms with van der Waals surface area (Å²) in [5, 5.41) is 13.1. The highest BCUT2D eigenvalue weighted by Crippen LogP contribution is 2.43. The molecule has 33 heavy (non-hydrogen) atoms. The van der Waals surface area contributed by atoms with Crippen LogP contribution in [0.3, 0.4) is 0 Å². The van der Waals surface area contributed by atoms with Gasteiger partial charge in [0.2, 0.25) is 0 Å². The molecule has 2 aliphatic rings. The molecule has 0 atom stereocenters. The van der Waals surface area contributed by atoms with Crippen LogP contribution in [0.2, 0.25) is 0 Å². The molecule has 0 fully saturated rings. The van der Waals surface area contributed by atoms with Gasteiger partial charge in [0.15, 0.2) is 12.4 Å². The number of fused-ring (bicyclic) bond motifs is 1. The van der Waals surface area contributed by atoms with Gasteiger partial charge in [-0.15, -0.1) is 11.6 Å². The number of hydrogen-bond acceptors (Lipinski definition) is 5. The number of aryl methyl sites for hydroxylation is 1. The highest BCUT2D eigenvalue weighted by molar-refractivity contribution is 9.11. The van der Waals surface area contributed by atoms with Crippen molar-refractivity contribution in [2.24, 2.45) is 0 Å². The molecular weight excluding hydrogens is 578 g/mol. The van der Waals surface area contributed by atoms with Crippen LogP contribution in [0, 0.1) is 6.92 Å². The molecule has 0 bridgehead atoms. The first-order valence-corrected chi connectivity index (χ1v) is 11.8. The highest BCUT2D eigenvalue weighted by atomic mass is 79.9. The first-order valence-electron chi connectivity index (χ1n) is 9.72. The number of ether oxygens (including phenoxy) is 1. The fraction of sp³-hybridized carbons (Fsp3) is 0.125. The largest absolute Gasteiger partial charge is 0.480 e. The monoisotopic (exact) mass is 591 g/mol. The number of carboxylic acid groups (broad SMARTS) is 1. The third-order valence-corrected chi connectivity index (χ3v) is 6.55. The van der Waals surface area contributed by atoms with Gasteiger partial charge in [0, 0.05) is 33.7 Å². The zero-order valence-electron chi connectivity index (χ0n) is 17.2. The first-order chi connectivity index (χ1) is 15.8. The third kappa shape index (κ3) is 4.69. The van der Waals surface area contributed by atoms with Crippen LogP contribution in [-0.4, -0.2) is 28.6 Å². The van der Waals surface area contributed by atoms with E-state index in [1.807, 2.05) is 18.2 Å². The molecule has 2 aromatic carbocycles. The lowest BCUT2D eigenvalue weighted by atomic mass is 9.96. The Morgan fingerprint density at radius 3 is 2.36 bits per heavy atom. The summed E-state index contributed by atoms with van der Waals surface area (Å²) in [5.74, 6) is 0.0666. The zero-order valence-corrected chi connectivity index (χ0v) is 21.1. The fourth-order valence-electron chi connectivity index (χ4n) is 3.53. The van der Waals surface area contributed by atoms with Gasteiger partial charge < -0.3 is 14.4 Å². The number of benzene rings is 2. The average Bonchev–Trinajstić information content (AvgIpc) is 3.24. The van der Waals surface area contributed by atoms with Gasteiger partial charge in [0.1, 0.15) is 17.2 Å². The minimum atomic E-state index is -1.08. The number of halogens is 3. The molecule has 0 spiro atoms. The molecule has 1 aliphatic heterocycles. The molecule has 0 saturated heterocycles. The molecule has 2 aromatic rings. The number of hydrogen-bond donors (Lipinski definition) is 1. The molecule has 0 unspecified atom stereocenters. The van der Waals surface area contributed by atoms with Crippen molar-refractivity contribution in [3.63, 3.8) is 0 Å². The minimum absolute atomic E-state index is 0.124. The molecule has 9 heteroatoms. The molecule has 1 heterocycles. The molecule has 0 amide bonds.